The SMILES string of the molecule is CCOc1ccccc1Oc1ccc(CNC(=NC)NCC2(CCOC)CCC2)cn1. The minimum absolute atomic E-state index is 0.339. The van der Waals surface area contributed by atoms with Crippen molar-refractivity contribution in [3.8, 4) is 17.4 Å². The van der Waals surface area contributed by atoms with Gasteiger partial charge in [-0.15, -0.1) is 0 Å². The van der Waals surface area contributed by atoms with Gasteiger partial charge >= 0.3 is 0 Å². The average Bonchev–Trinajstić information content (AvgIpc) is 2.77. The highest BCUT2D eigenvalue weighted by Gasteiger charge is 2.36. The summed E-state index contributed by atoms with van der Waals surface area (Å²) in [5.41, 5.74) is 1.39. The summed E-state index contributed by atoms with van der Waals surface area (Å²) in [6.45, 7) is 4.89. The fraction of sp³-hybridized carbons (Fsp3) is 0.500. The number of benzene rings is 1. The molecule has 7 nitrogen and oxygen atoms in total. The number of nitrogens with one attached hydrogen (secondary N) is 2. The van der Waals surface area contributed by atoms with Crippen LogP contribution >= 0.6 is 0 Å². The van der Waals surface area contributed by atoms with Crippen molar-refractivity contribution in [2.24, 2.45) is 10.4 Å². The lowest BCUT2D eigenvalue weighted by atomic mass is 9.67. The van der Waals surface area contributed by atoms with Crippen LogP contribution in [-0.4, -0.2) is 44.9 Å². The van der Waals surface area contributed by atoms with Crippen molar-refractivity contribution in [1.29, 1.82) is 0 Å². The fourth-order valence-corrected chi connectivity index (χ4v) is 3.69. The van der Waals surface area contributed by atoms with E-state index in [2.05, 4.69) is 20.6 Å². The molecule has 0 spiro atoms. The van der Waals surface area contributed by atoms with Crippen LogP contribution in [0.25, 0.3) is 0 Å². The molecule has 0 bridgehead atoms. The second kappa shape index (κ2) is 11.6. The Morgan fingerprint density at radius 3 is 2.55 bits per heavy atom. The van der Waals surface area contributed by atoms with E-state index >= 15 is 0 Å². The van der Waals surface area contributed by atoms with Crippen molar-refractivity contribution in [3.05, 3.63) is 48.2 Å². The van der Waals surface area contributed by atoms with Crippen molar-refractivity contribution in [2.75, 3.05) is 33.9 Å². The zero-order valence-corrected chi connectivity index (χ0v) is 18.8. The number of para-hydroxylation sites is 2. The summed E-state index contributed by atoms with van der Waals surface area (Å²) < 4.78 is 16.8. The maximum absolute atomic E-state index is 5.89. The predicted molar refractivity (Wildman–Crippen MR) is 123 cm³/mol. The standard InChI is InChI=1S/C24H34N4O3/c1-4-30-20-8-5-6-9-21(20)31-22-11-10-19(16-26-22)17-27-23(25-2)28-18-24(12-7-13-24)14-15-29-3/h5-6,8-11,16H,4,7,12-15,17-18H2,1-3H3,(H2,25,27,28). The van der Waals surface area contributed by atoms with Gasteiger partial charge in [-0.05, 0) is 49.3 Å². The molecule has 0 unspecified atom stereocenters. The Bertz CT molecular complexity index is 835. The summed E-state index contributed by atoms with van der Waals surface area (Å²) in [7, 11) is 3.56. The maximum Gasteiger partial charge on any atom is 0.219 e. The number of pyridine rings is 1. The molecule has 1 fully saturated rings. The number of nitrogens with zero attached hydrogens (tertiary/aromatic N) is 2. The summed E-state index contributed by atoms with van der Waals surface area (Å²) in [5.74, 6) is 2.70. The number of hydrogen-bond acceptors (Lipinski definition) is 5. The molecule has 1 aliphatic carbocycles. The van der Waals surface area contributed by atoms with Gasteiger partial charge in [-0.1, -0.05) is 24.6 Å². The van der Waals surface area contributed by atoms with E-state index in [4.69, 9.17) is 14.2 Å². The first-order valence-electron chi connectivity index (χ1n) is 11.0. The Kier molecular flexibility index (Phi) is 8.53. The highest BCUT2D eigenvalue weighted by molar-refractivity contribution is 5.79. The highest BCUT2D eigenvalue weighted by atomic mass is 16.5. The molecule has 2 N–H and O–H groups in total. The second-order valence-electron chi connectivity index (χ2n) is 7.86. The van der Waals surface area contributed by atoms with Crippen molar-refractivity contribution in [3.63, 3.8) is 0 Å². The van der Waals surface area contributed by atoms with E-state index in [0.29, 0.717) is 35.9 Å². The Labute approximate surface area is 185 Å². The molecule has 1 heterocycles. The van der Waals surface area contributed by atoms with Crippen molar-refractivity contribution in [1.82, 2.24) is 15.6 Å². The molecule has 168 valence electrons. The minimum Gasteiger partial charge on any atom is -0.490 e. The Hall–Kier alpha value is -2.80. The van der Waals surface area contributed by atoms with Gasteiger partial charge in [0.05, 0.1) is 6.61 Å². The Morgan fingerprint density at radius 2 is 1.94 bits per heavy atom. The van der Waals surface area contributed by atoms with Gasteiger partial charge in [0, 0.05) is 46.1 Å². The van der Waals surface area contributed by atoms with Crippen molar-refractivity contribution in [2.45, 2.75) is 39.2 Å². The lowest BCUT2D eigenvalue weighted by Crippen LogP contribution is -2.46. The minimum atomic E-state index is 0.339. The molecule has 1 aromatic heterocycles. The predicted octanol–water partition coefficient (Wildman–Crippen LogP) is 4.14. The molecule has 0 amide bonds. The van der Waals surface area contributed by atoms with Gasteiger partial charge in [-0.25, -0.2) is 4.98 Å². The number of hydrogen-bond donors (Lipinski definition) is 2. The molecule has 0 radical (unpaired) electrons. The lowest BCUT2D eigenvalue weighted by molar-refractivity contribution is 0.0732. The van der Waals surface area contributed by atoms with E-state index in [1.54, 1.807) is 14.2 Å². The molecule has 1 aliphatic rings. The Balaban J connectivity index is 1.49. The van der Waals surface area contributed by atoms with Crippen LogP contribution in [0.15, 0.2) is 47.6 Å². The zero-order chi connectivity index (χ0) is 21.9. The van der Waals surface area contributed by atoms with E-state index in [-0.39, 0.29) is 0 Å². The maximum atomic E-state index is 5.89. The van der Waals surface area contributed by atoms with Crippen LogP contribution < -0.4 is 20.1 Å². The molecule has 3 rings (SSSR count). The van der Waals surface area contributed by atoms with Gasteiger partial charge in [0.2, 0.25) is 5.88 Å². The van der Waals surface area contributed by atoms with Gasteiger partial charge in [0.1, 0.15) is 0 Å². The summed E-state index contributed by atoms with van der Waals surface area (Å²) in [6.07, 6.45) is 6.69. The molecule has 1 aromatic carbocycles. The third kappa shape index (κ3) is 6.59. The second-order valence-corrected chi connectivity index (χ2v) is 7.86. The fourth-order valence-electron chi connectivity index (χ4n) is 3.69. The molecule has 2 aromatic rings. The van der Waals surface area contributed by atoms with Crippen LogP contribution in [0, 0.1) is 5.41 Å². The average molecular weight is 427 g/mol. The third-order valence-electron chi connectivity index (χ3n) is 5.73. The van der Waals surface area contributed by atoms with Crippen LogP contribution in [0.5, 0.6) is 17.4 Å². The van der Waals surface area contributed by atoms with Gasteiger partial charge in [-0.2, -0.15) is 0 Å². The van der Waals surface area contributed by atoms with Crippen LogP contribution in [-0.2, 0) is 11.3 Å². The van der Waals surface area contributed by atoms with Gasteiger partial charge in [-0.3, -0.25) is 4.99 Å². The lowest BCUT2D eigenvalue weighted by Gasteiger charge is -2.42. The zero-order valence-electron chi connectivity index (χ0n) is 18.8. The largest absolute Gasteiger partial charge is 0.490 e. The van der Waals surface area contributed by atoms with Gasteiger partial charge < -0.3 is 24.8 Å². The highest BCUT2D eigenvalue weighted by Crippen LogP contribution is 2.43. The smallest absolute Gasteiger partial charge is 0.219 e. The molecule has 31 heavy (non-hydrogen) atoms. The van der Waals surface area contributed by atoms with E-state index in [1.165, 1.54) is 19.3 Å². The number of rotatable bonds is 11. The van der Waals surface area contributed by atoms with E-state index in [9.17, 15) is 0 Å². The van der Waals surface area contributed by atoms with Gasteiger partial charge in [0.15, 0.2) is 17.5 Å². The topological polar surface area (TPSA) is 77.0 Å². The number of ether oxygens (including phenoxy) is 3. The third-order valence-corrected chi connectivity index (χ3v) is 5.73. The van der Waals surface area contributed by atoms with Crippen molar-refractivity contribution < 1.29 is 14.2 Å². The normalized spacial score (nSPS) is 15.1. The number of guanidine groups is 1. The first kappa shape index (κ1) is 22.9. The van der Waals surface area contributed by atoms with Crippen LogP contribution in [0.2, 0.25) is 0 Å². The molecule has 0 atom stereocenters. The summed E-state index contributed by atoms with van der Waals surface area (Å²) >= 11 is 0. The summed E-state index contributed by atoms with van der Waals surface area (Å²) in [4.78, 5) is 8.78. The van der Waals surface area contributed by atoms with Crippen molar-refractivity contribution >= 4 is 5.96 Å². The van der Waals surface area contributed by atoms with E-state index in [0.717, 1.165) is 31.1 Å². The monoisotopic (exact) mass is 426 g/mol. The molecular weight excluding hydrogens is 392 g/mol. The summed E-state index contributed by atoms with van der Waals surface area (Å²) in [5, 5.41) is 6.84. The van der Waals surface area contributed by atoms with Crippen LogP contribution in [0.1, 0.15) is 38.2 Å². The van der Waals surface area contributed by atoms with Crippen LogP contribution in [0.4, 0.5) is 0 Å². The molecular formula is C24H34N4O3. The van der Waals surface area contributed by atoms with Crippen LogP contribution in [0.3, 0.4) is 0 Å². The van der Waals surface area contributed by atoms with Gasteiger partial charge in [0.25, 0.3) is 0 Å². The number of aromatic nitrogens is 1. The Morgan fingerprint density at radius 1 is 1.13 bits per heavy atom. The van der Waals surface area contributed by atoms with E-state index in [1.807, 2.05) is 49.5 Å². The first-order chi connectivity index (χ1) is 15.2. The number of methoxy groups -OCH3 is 1. The first-order valence-corrected chi connectivity index (χ1v) is 11.0. The molecule has 7 heteroatoms. The molecule has 0 saturated heterocycles. The quantitative estimate of drug-likeness (QED) is 0.415. The van der Waals surface area contributed by atoms with E-state index < -0.39 is 0 Å². The number of aliphatic imine (C=N–C) groups is 1. The molecule has 1 saturated carbocycles. The molecule has 0 aliphatic heterocycles. The summed E-state index contributed by atoms with van der Waals surface area (Å²) in [6, 6.07) is 11.5.